The van der Waals surface area contributed by atoms with Crippen LogP contribution in [0.2, 0.25) is 0 Å². The number of anilines is 1. The second-order valence-electron chi connectivity index (χ2n) is 5.20. The van der Waals surface area contributed by atoms with Crippen LogP contribution in [0.15, 0.2) is 41.5 Å². The number of aliphatic imine (C=N–C) groups is 1. The molecule has 2 rings (SSSR count). The molecular formula is C14H18N4. The molecule has 4 heteroatoms. The summed E-state index contributed by atoms with van der Waals surface area (Å²) in [5, 5.41) is 4.17. The predicted molar refractivity (Wildman–Crippen MR) is 76.7 cm³/mol. The third-order valence-electron chi connectivity index (χ3n) is 2.33. The predicted octanol–water partition coefficient (Wildman–Crippen LogP) is 2.76. The van der Waals surface area contributed by atoms with Gasteiger partial charge in [0.25, 0.3) is 0 Å². The molecule has 2 aromatic rings. The Hall–Kier alpha value is -2.10. The van der Waals surface area contributed by atoms with Gasteiger partial charge in [-0.1, -0.05) is 6.07 Å². The Morgan fingerprint density at radius 3 is 2.78 bits per heavy atom. The SMILES string of the molecule is CC(C)(C)N=C(N)Nc1ccc2ncccc2c1. The van der Waals surface area contributed by atoms with Crippen molar-refractivity contribution in [3.63, 3.8) is 0 Å². The maximum atomic E-state index is 5.86. The zero-order valence-corrected chi connectivity index (χ0v) is 10.9. The van der Waals surface area contributed by atoms with Crippen LogP contribution < -0.4 is 11.1 Å². The van der Waals surface area contributed by atoms with E-state index in [0.29, 0.717) is 5.96 Å². The molecule has 0 saturated heterocycles. The molecule has 94 valence electrons. The average Bonchev–Trinajstić information content (AvgIpc) is 2.26. The highest BCUT2D eigenvalue weighted by Gasteiger charge is 2.08. The van der Waals surface area contributed by atoms with Crippen molar-refractivity contribution in [3.05, 3.63) is 36.5 Å². The third-order valence-corrected chi connectivity index (χ3v) is 2.33. The zero-order chi connectivity index (χ0) is 13.2. The number of pyridine rings is 1. The van der Waals surface area contributed by atoms with Gasteiger partial charge in [-0.2, -0.15) is 0 Å². The number of nitrogens with zero attached hydrogens (tertiary/aromatic N) is 2. The van der Waals surface area contributed by atoms with Gasteiger partial charge in [-0.05, 0) is 45.0 Å². The van der Waals surface area contributed by atoms with E-state index in [1.54, 1.807) is 6.20 Å². The first-order valence-corrected chi connectivity index (χ1v) is 5.91. The first-order chi connectivity index (χ1) is 8.44. The lowest BCUT2D eigenvalue weighted by atomic mass is 10.1. The van der Waals surface area contributed by atoms with Gasteiger partial charge >= 0.3 is 0 Å². The lowest BCUT2D eigenvalue weighted by molar-refractivity contribution is 0.583. The monoisotopic (exact) mass is 242 g/mol. The van der Waals surface area contributed by atoms with Crippen molar-refractivity contribution in [2.45, 2.75) is 26.3 Å². The molecule has 3 N–H and O–H groups in total. The zero-order valence-electron chi connectivity index (χ0n) is 10.9. The Morgan fingerprint density at radius 2 is 2.06 bits per heavy atom. The molecule has 0 unspecified atom stereocenters. The summed E-state index contributed by atoms with van der Waals surface area (Å²) in [5.41, 5.74) is 7.56. The quantitative estimate of drug-likeness (QED) is 0.597. The number of hydrogen-bond donors (Lipinski definition) is 2. The Morgan fingerprint density at radius 1 is 1.28 bits per heavy atom. The lowest BCUT2D eigenvalue weighted by Crippen LogP contribution is -2.27. The first kappa shape index (κ1) is 12.4. The van der Waals surface area contributed by atoms with Crippen LogP contribution in [0.5, 0.6) is 0 Å². The molecule has 0 bridgehead atoms. The number of aromatic nitrogens is 1. The third kappa shape index (κ3) is 3.20. The lowest BCUT2D eigenvalue weighted by Gasteiger charge is -2.14. The minimum absolute atomic E-state index is 0.185. The summed E-state index contributed by atoms with van der Waals surface area (Å²) in [4.78, 5) is 8.62. The topological polar surface area (TPSA) is 63.3 Å². The van der Waals surface area contributed by atoms with Crippen molar-refractivity contribution in [1.82, 2.24) is 4.98 Å². The number of nitrogens with two attached hydrogens (primary N) is 1. The van der Waals surface area contributed by atoms with Crippen molar-refractivity contribution >= 4 is 22.5 Å². The molecule has 0 aliphatic rings. The molecule has 18 heavy (non-hydrogen) atoms. The van der Waals surface area contributed by atoms with Crippen LogP contribution in [0.4, 0.5) is 5.69 Å². The molecule has 0 radical (unpaired) electrons. The smallest absolute Gasteiger partial charge is 0.193 e. The van der Waals surface area contributed by atoms with Crippen molar-refractivity contribution in [2.75, 3.05) is 5.32 Å². The van der Waals surface area contributed by atoms with Crippen LogP contribution in [0, 0.1) is 0 Å². The van der Waals surface area contributed by atoms with E-state index in [-0.39, 0.29) is 5.54 Å². The fourth-order valence-corrected chi connectivity index (χ4v) is 1.69. The van der Waals surface area contributed by atoms with E-state index in [0.717, 1.165) is 16.6 Å². The Bertz CT molecular complexity index is 582. The molecule has 0 atom stereocenters. The normalized spacial score (nSPS) is 12.7. The molecular weight excluding hydrogens is 224 g/mol. The van der Waals surface area contributed by atoms with Crippen LogP contribution in [0.1, 0.15) is 20.8 Å². The molecule has 4 nitrogen and oxygen atoms in total. The minimum atomic E-state index is -0.185. The molecule has 1 aromatic heterocycles. The molecule has 1 heterocycles. The van der Waals surface area contributed by atoms with E-state index < -0.39 is 0 Å². The van der Waals surface area contributed by atoms with Gasteiger partial charge in [0.1, 0.15) is 0 Å². The summed E-state index contributed by atoms with van der Waals surface area (Å²) in [6.45, 7) is 6.02. The maximum absolute atomic E-state index is 5.86. The fraction of sp³-hybridized carbons (Fsp3) is 0.286. The molecule has 0 aliphatic heterocycles. The van der Waals surface area contributed by atoms with Crippen molar-refractivity contribution < 1.29 is 0 Å². The largest absolute Gasteiger partial charge is 0.370 e. The fourth-order valence-electron chi connectivity index (χ4n) is 1.69. The highest BCUT2D eigenvalue weighted by Crippen LogP contribution is 2.17. The van der Waals surface area contributed by atoms with Gasteiger partial charge in [0.2, 0.25) is 0 Å². The van der Waals surface area contributed by atoms with E-state index in [4.69, 9.17) is 5.73 Å². The molecule has 0 aliphatic carbocycles. The van der Waals surface area contributed by atoms with Crippen molar-refractivity contribution in [3.8, 4) is 0 Å². The number of nitrogens with one attached hydrogen (secondary N) is 1. The highest BCUT2D eigenvalue weighted by atomic mass is 15.1. The van der Waals surface area contributed by atoms with Gasteiger partial charge in [0, 0.05) is 17.3 Å². The molecule has 0 spiro atoms. The van der Waals surface area contributed by atoms with E-state index in [1.807, 2.05) is 51.1 Å². The molecule has 1 aromatic carbocycles. The highest BCUT2D eigenvalue weighted by molar-refractivity contribution is 5.94. The standard InChI is InChI=1S/C14H18N4/c1-14(2,3)18-13(15)17-11-6-7-12-10(9-11)5-4-8-16-12/h4-9H,1-3H3,(H3,15,17,18). The summed E-state index contributed by atoms with van der Waals surface area (Å²) < 4.78 is 0. The van der Waals surface area contributed by atoms with E-state index >= 15 is 0 Å². The van der Waals surface area contributed by atoms with Gasteiger partial charge < -0.3 is 11.1 Å². The van der Waals surface area contributed by atoms with E-state index in [2.05, 4.69) is 15.3 Å². The van der Waals surface area contributed by atoms with Crippen LogP contribution in [-0.2, 0) is 0 Å². The second kappa shape index (κ2) is 4.64. The number of hydrogen-bond acceptors (Lipinski definition) is 2. The second-order valence-corrected chi connectivity index (χ2v) is 5.20. The van der Waals surface area contributed by atoms with Crippen LogP contribution >= 0.6 is 0 Å². The van der Waals surface area contributed by atoms with Crippen LogP contribution in [0.25, 0.3) is 10.9 Å². The Balaban J connectivity index is 2.25. The average molecular weight is 242 g/mol. The summed E-state index contributed by atoms with van der Waals surface area (Å²) >= 11 is 0. The Labute approximate surface area is 107 Å². The van der Waals surface area contributed by atoms with Gasteiger partial charge in [-0.3, -0.25) is 4.98 Å². The summed E-state index contributed by atoms with van der Waals surface area (Å²) in [6, 6.07) is 9.85. The van der Waals surface area contributed by atoms with Gasteiger partial charge in [-0.25, -0.2) is 4.99 Å². The molecule has 0 fully saturated rings. The van der Waals surface area contributed by atoms with E-state index in [1.165, 1.54) is 0 Å². The summed E-state index contributed by atoms with van der Waals surface area (Å²) in [6.07, 6.45) is 1.78. The van der Waals surface area contributed by atoms with E-state index in [9.17, 15) is 0 Å². The maximum Gasteiger partial charge on any atom is 0.193 e. The molecule has 0 saturated carbocycles. The molecule has 0 amide bonds. The van der Waals surface area contributed by atoms with Gasteiger partial charge in [-0.15, -0.1) is 0 Å². The number of benzene rings is 1. The summed E-state index contributed by atoms with van der Waals surface area (Å²) in [5.74, 6) is 0.422. The Kier molecular flexibility index (Phi) is 3.19. The van der Waals surface area contributed by atoms with Crippen LogP contribution in [-0.4, -0.2) is 16.5 Å². The van der Waals surface area contributed by atoms with Crippen LogP contribution in [0.3, 0.4) is 0 Å². The van der Waals surface area contributed by atoms with Crippen molar-refractivity contribution in [2.24, 2.45) is 10.7 Å². The number of guanidine groups is 1. The number of fused-ring (bicyclic) bond motifs is 1. The minimum Gasteiger partial charge on any atom is -0.370 e. The summed E-state index contributed by atoms with van der Waals surface area (Å²) in [7, 11) is 0. The van der Waals surface area contributed by atoms with Crippen molar-refractivity contribution in [1.29, 1.82) is 0 Å². The first-order valence-electron chi connectivity index (χ1n) is 5.91. The van der Waals surface area contributed by atoms with Gasteiger partial charge in [0.05, 0.1) is 11.1 Å². The van der Waals surface area contributed by atoms with Gasteiger partial charge in [0.15, 0.2) is 5.96 Å². The number of rotatable bonds is 1.